The van der Waals surface area contributed by atoms with Gasteiger partial charge in [-0.05, 0) is 31.0 Å². The summed E-state index contributed by atoms with van der Waals surface area (Å²) in [5, 5.41) is 9.04. The molecule has 4 heteroatoms. The van der Waals surface area contributed by atoms with Gasteiger partial charge in [-0.15, -0.1) is 0 Å². The number of carboxylic acids is 1. The topological polar surface area (TPSA) is 66.6 Å². The van der Waals surface area contributed by atoms with Crippen molar-refractivity contribution in [3.05, 3.63) is 23.8 Å². The van der Waals surface area contributed by atoms with Gasteiger partial charge in [0, 0.05) is 13.1 Å². The fraction of sp³-hybridized carbons (Fsp3) is 0.500. The molecular formula is C14H20N2O2. The molecule has 98 valence electrons. The van der Waals surface area contributed by atoms with Crippen molar-refractivity contribution < 1.29 is 9.90 Å². The number of aromatic carboxylic acids is 1. The van der Waals surface area contributed by atoms with E-state index in [4.69, 9.17) is 10.8 Å². The molecule has 1 saturated heterocycles. The van der Waals surface area contributed by atoms with Crippen LogP contribution in [0.4, 0.5) is 11.4 Å². The number of nitrogen functional groups attached to an aromatic ring is 1. The van der Waals surface area contributed by atoms with Gasteiger partial charge in [0.05, 0.1) is 16.9 Å². The third-order valence-electron chi connectivity index (χ3n) is 3.47. The highest BCUT2D eigenvalue weighted by atomic mass is 16.4. The summed E-state index contributed by atoms with van der Waals surface area (Å²) in [5.74, 6) is -0.900. The molecule has 1 aromatic rings. The highest BCUT2D eigenvalue weighted by molar-refractivity contribution is 5.90. The van der Waals surface area contributed by atoms with Crippen molar-refractivity contribution in [3.8, 4) is 0 Å². The van der Waals surface area contributed by atoms with E-state index in [1.54, 1.807) is 18.2 Å². The molecule has 1 aromatic carbocycles. The predicted molar refractivity (Wildman–Crippen MR) is 73.1 cm³/mol. The van der Waals surface area contributed by atoms with Crippen molar-refractivity contribution in [2.45, 2.75) is 32.1 Å². The normalized spacial score (nSPS) is 17.0. The van der Waals surface area contributed by atoms with Gasteiger partial charge < -0.3 is 15.7 Å². The number of carboxylic acid groups (broad SMARTS) is 1. The second-order valence-electron chi connectivity index (χ2n) is 4.83. The van der Waals surface area contributed by atoms with Crippen LogP contribution < -0.4 is 10.6 Å². The Morgan fingerprint density at radius 1 is 1.11 bits per heavy atom. The molecule has 0 saturated carbocycles. The molecular weight excluding hydrogens is 228 g/mol. The fourth-order valence-corrected chi connectivity index (χ4v) is 2.44. The minimum atomic E-state index is -0.900. The van der Waals surface area contributed by atoms with Crippen molar-refractivity contribution in [2.24, 2.45) is 0 Å². The first-order valence-corrected chi connectivity index (χ1v) is 6.56. The minimum absolute atomic E-state index is 0.307. The van der Waals surface area contributed by atoms with Crippen LogP contribution in [0.2, 0.25) is 0 Å². The number of nitrogens with zero attached hydrogens (tertiary/aromatic N) is 1. The summed E-state index contributed by atoms with van der Waals surface area (Å²) in [6, 6.07) is 4.95. The molecule has 18 heavy (non-hydrogen) atoms. The molecule has 0 aromatic heterocycles. The van der Waals surface area contributed by atoms with Crippen molar-refractivity contribution >= 4 is 17.3 Å². The van der Waals surface area contributed by atoms with Crippen molar-refractivity contribution in [1.29, 1.82) is 0 Å². The number of rotatable bonds is 2. The van der Waals surface area contributed by atoms with Gasteiger partial charge in [-0.3, -0.25) is 0 Å². The smallest absolute Gasteiger partial charge is 0.335 e. The average Bonchev–Trinajstić information content (AvgIpc) is 2.29. The van der Waals surface area contributed by atoms with Crippen LogP contribution in [0.1, 0.15) is 42.5 Å². The molecule has 3 N–H and O–H groups in total. The van der Waals surface area contributed by atoms with Gasteiger partial charge in [0.25, 0.3) is 0 Å². The first-order chi connectivity index (χ1) is 8.68. The van der Waals surface area contributed by atoms with Crippen LogP contribution in [-0.2, 0) is 0 Å². The summed E-state index contributed by atoms with van der Waals surface area (Å²) < 4.78 is 0. The van der Waals surface area contributed by atoms with Gasteiger partial charge in [0.2, 0.25) is 0 Å². The summed E-state index contributed by atoms with van der Waals surface area (Å²) in [7, 11) is 0. The first kappa shape index (κ1) is 12.7. The number of nitrogens with two attached hydrogens (primary N) is 1. The van der Waals surface area contributed by atoms with E-state index in [2.05, 4.69) is 4.90 Å². The lowest BCUT2D eigenvalue weighted by Gasteiger charge is -2.28. The molecule has 0 radical (unpaired) electrons. The zero-order chi connectivity index (χ0) is 13.0. The largest absolute Gasteiger partial charge is 0.478 e. The third kappa shape index (κ3) is 2.94. The van der Waals surface area contributed by atoms with E-state index in [0.29, 0.717) is 11.3 Å². The number of hydrogen-bond acceptors (Lipinski definition) is 3. The van der Waals surface area contributed by atoms with Crippen LogP contribution in [0, 0.1) is 0 Å². The second-order valence-corrected chi connectivity index (χ2v) is 4.83. The van der Waals surface area contributed by atoms with Gasteiger partial charge in [-0.25, -0.2) is 4.79 Å². The molecule has 0 bridgehead atoms. The molecule has 0 atom stereocenters. The van der Waals surface area contributed by atoms with Crippen molar-refractivity contribution in [3.63, 3.8) is 0 Å². The highest BCUT2D eigenvalue weighted by Crippen LogP contribution is 2.26. The Morgan fingerprint density at radius 2 is 1.72 bits per heavy atom. The van der Waals surface area contributed by atoms with Gasteiger partial charge in [-0.1, -0.05) is 19.3 Å². The summed E-state index contributed by atoms with van der Waals surface area (Å²) in [6.07, 6.45) is 6.09. The summed E-state index contributed by atoms with van der Waals surface area (Å²) in [5.41, 5.74) is 7.82. The van der Waals surface area contributed by atoms with E-state index in [-0.39, 0.29) is 0 Å². The van der Waals surface area contributed by atoms with E-state index in [1.165, 1.54) is 19.3 Å². The lowest BCUT2D eigenvalue weighted by Crippen LogP contribution is -2.28. The van der Waals surface area contributed by atoms with Crippen LogP contribution in [0.25, 0.3) is 0 Å². The third-order valence-corrected chi connectivity index (χ3v) is 3.47. The maximum Gasteiger partial charge on any atom is 0.335 e. The Balaban J connectivity index is 2.23. The summed E-state index contributed by atoms with van der Waals surface area (Å²) in [4.78, 5) is 13.2. The number of anilines is 2. The monoisotopic (exact) mass is 248 g/mol. The lowest BCUT2D eigenvalue weighted by molar-refractivity contribution is 0.0697. The van der Waals surface area contributed by atoms with Crippen LogP contribution in [0.15, 0.2) is 18.2 Å². The number of benzene rings is 1. The van der Waals surface area contributed by atoms with E-state index in [1.807, 2.05) is 0 Å². The molecule has 1 aliphatic heterocycles. The SMILES string of the molecule is Nc1ccc(C(=O)O)cc1N1CCCCCCC1. The molecule has 1 heterocycles. The Labute approximate surface area is 107 Å². The van der Waals surface area contributed by atoms with Crippen LogP contribution in [0.5, 0.6) is 0 Å². The first-order valence-electron chi connectivity index (χ1n) is 6.56. The molecule has 4 nitrogen and oxygen atoms in total. The van der Waals surface area contributed by atoms with Crippen LogP contribution in [0.3, 0.4) is 0 Å². The maximum absolute atomic E-state index is 11.0. The molecule has 2 rings (SSSR count). The Hall–Kier alpha value is -1.71. The van der Waals surface area contributed by atoms with Gasteiger partial charge in [0.1, 0.15) is 0 Å². The molecule has 0 aliphatic carbocycles. The Kier molecular flexibility index (Phi) is 4.07. The molecule has 1 aliphatic rings. The zero-order valence-corrected chi connectivity index (χ0v) is 10.6. The fourth-order valence-electron chi connectivity index (χ4n) is 2.44. The summed E-state index contributed by atoms with van der Waals surface area (Å²) >= 11 is 0. The molecule has 0 unspecified atom stereocenters. The quantitative estimate of drug-likeness (QED) is 0.790. The minimum Gasteiger partial charge on any atom is -0.478 e. The van der Waals surface area contributed by atoms with Crippen molar-refractivity contribution in [1.82, 2.24) is 0 Å². The Morgan fingerprint density at radius 3 is 2.33 bits per heavy atom. The summed E-state index contributed by atoms with van der Waals surface area (Å²) in [6.45, 7) is 1.93. The second kappa shape index (κ2) is 5.76. The van der Waals surface area contributed by atoms with Gasteiger partial charge in [-0.2, -0.15) is 0 Å². The molecule has 0 amide bonds. The van der Waals surface area contributed by atoms with E-state index in [0.717, 1.165) is 31.6 Å². The van der Waals surface area contributed by atoms with E-state index >= 15 is 0 Å². The maximum atomic E-state index is 11.0. The zero-order valence-electron chi connectivity index (χ0n) is 10.6. The van der Waals surface area contributed by atoms with Crippen LogP contribution in [-0.4, -0.2) is 24.2 Å². The number of hydrogen-bond donors (Lipinski definition) is 2. The number of carbonyl (C=O) groups is 1. The molecule has 1 fully saturated rings. The average molecular weight is 248 g/mol. The highest BCUT2D eigenvalue weighted by Gasteiger charge is 2.14. The van der Waals surface area contributed by atoms with Crippen LogP contribution >= 0.6 is 0 Å². The lowest BCUT2D eigenvalue weighted by atomic mass is 10.1. The predicted octanol–water partition coefficient (Wildman–Crippen LogP) is 2.74. The van der Waals surface area contributed by atoms with E-state index in [9.17, 15) is 4.79 Å². The van der Waals surface area contributed by atoms with E-state index < -0.39 is 5.97 Å². The molecule has 0 spiro atoms. The van der Waals surface area contributed by atoms with Gasteiger partial charge >= 0.3 is 5.97 Å². The standard InChI is InChI=1S/C14H20N2O2/c15-12-7-6-11(14(17)18)10-13(12)16-8-4-2-1-3-5-9-16/h6-7,10H,1-5,8-9,15H2,(H,17,18). The Bertz CT molecular complexity index is 424. The van der Waals surface area contributed by atoms with Crippen molar-refractivity contribution in [2.75, 3.05) is 23.7 Å². The van der Waals surface area contributed by atoms with Gasteiger partial charge in [0.15, 0.2) is 0 Å².